The lowest BCUT2D eigenvalue weighted by atomic mass is 9.75. The highest BCUT2D eigenvalue weighted by molar-refractivity contribution is 7.87. The molecule has 7 nitrogen and oxygen atoms in total. The monoisotopic (exact) mass is 304 g/mol. The van der Waals surface area contributed by atoms with Crippen LogP contribution in [-0.4, -0.2) is 31.0 Å². The Hall–Kier alpha value is -0.860. The van der Waals surface area contributed by atoms with Crippen molar-refractivity contribution in [1.29, 1.82) is 0 Å². The Morgan fingerprint density at radius 3 is 2.40 bits per heavy atom. The van der Waals surface area contributed by atoms with Crippen LogP contribution in [0.25, 0.3) is 0 Å². The Morgan fingerprint density at radius 2 is 1.95 bits per heavy atom. The average Bonchev–Trinajstić information content (AvgIpc) is 3.21. The van der Waals surface area contributed by atoms with Crippen molar-refractivity contribution >= 4 is 16.0 Å². The van der Waals surface area contributed by atoms with Gasteiger partial charge in [-0.05, 0) is 44.4 Å². The number of oxime groups is 1. The molecule has 2 aliphatic rings. The summed E-state index contributed by atoms with van der Waals surface area (Å²) in [5.74, 6) is 0.531. The summed E-state index contributed by atoms with van der Waals surface area (Å²) in [4.78, 5) is 0. The SMILES string of the molecule is CCC1CCC(NS(=O)(=O)NC2CC2)(C(N)=NO)CC1. The van der Waals surface area contributed by atoms with Gasteiger partial charge in [0.15, 0.2) is 5.84 Å². The minimum Gasteiger partial charge on any atom is -0.409 e. The Kier molecular flexibility index (Phi) is 4.55. The van der Waals surface area contributed by atoms with Crippen molar-refractivity contribution < 1.29 is 13.6 Å². The number of nitrogens with one attached hydrogen (secondary N) is 2. The largest absolute Gasteiger partial charge is 0.409 e. The third kappa shape index (κ3) is 3.62. The summed E-state index contributed by atoms with van der Waals surface area (Å²) in [6.07, 6.45) is 5.68. The van der Waals surface area contributed by atoms with Crippen molar-refractivity contribution in [3.05, 3.63) is 0 Å². The van der Waals surface area contributed by atoms with Gasteiger partial charge in [0.1, 0.15) is 0 Å². The van der Waals surface area contributed by atoms with Crippen molar-refractivity contribution in [1.82, 2.24) is 9.44 Å². The van der Waals surface area contributed by atoms with Crippen LogP contribution in [0.3, 0.4) is 0 Å². The number of hydrogen-bond acceptors (Lipinski definition) is 4. The average molecular weight is 304 g/mol. The fraction of sp³-hybridized carbons (Fsp3) is 0.917. The van der Waals surface area contributed by atoms with Crippen molar-refractivity contribution in [2.45, 2.75) is 63.5 Å². The lowest BCUT2D eigenvalue weighted by Crippen LogP contribution is -2.61. The zero-order valence-corrected chi connectivity index (χ0v) is 12.6. The van der Waals surface area contributed by atoms with E-state index in [1.54, 1.807) is 0 Å². The van der Waals surface area contributed by atoms with Gasteiger partial charge in [-0.15, -0.1) is 0 Å². The van der Waals surface area contributed by atoms with E-state index in [9.17, 15) is 8.42 Å². The predicted octanol–water partition coefficient (Wildman–Crippen LogP) is 0.658. The zero-order valence-electron chi connectivity index (χ0n) is 11.8. The molecule has 2 fully saturated rings. The second kappa shape index (κ2) is 5.87. The summed E-state index contributed by atoms with van der Waals surface area (Å²) in [6, 6.07) is 0.0313. The molecule has 0 saturated heterocycles. The molecule has 0 amide bonds. The first-order chi connectivity index (χ1) is 9.41. The molecular weight excluding hydrogens is 280 g/mol. The molecule has 0 spiro atoms. The van der Waals surface area contributed by atoms with E-state index >= 15 is 0 Å². The smallest absolute Gasteiger partial charge is 0.278 e. The maximum Gasteiger partial charge on any atom is 0.278 e. The maximum atomic E-state index is 12.1. The van der Waals surface area contributed by atoms with E-state index in [1.165, 1.54) is 0 Å². The van der Waals surface area contributed by atoms with Crippen LogP contribution in [0.4, 0.5) is 0 Å². The normalized spacial score (nSPS) is 32.2. The third-order valence-electron chi connectivity index (χ3n) is 4.36. The molecule has 0 bridgehead atoms. The summed E-state index contributed by atoms with van der Waals surface area (Å²) < 4.78 is 29.4. The second-order valence-electron chi connectivity index (χ2n) is 5.92. The first-order valence-electron chi connectivity index (χ1n) is 7.20. The van der Waals surface area contributed by atoms with E-state index in [0.29, 0.717) is 18.8 Å². The Labute approximate surface area is 120 Å². The standard InChI is InChI=1S/C12H24N4O3S/c1-2-9-5-7-12(8-6-9,11(13)14-17)16-20(18,19)15-10-3-4-10/h9-10,15-17H,2-8H2,1H3,(H2,13,14). The number of nitrogens with two attached hydrogens (primary N) is 1. The van der Waals surface area contributed by atoms with Gasteiger partial charge in [0.05, 0.1) is 5.54 Å². The molecule has 0 aromatic carbocycles. The molecule has 0 aliphatic heterocycles. The van der Waals surface area contributed by atoms with Crippen LogP contribution in [0.1, 0.15) is 51.9 Å². The van der Waals surface area contributed by atoms with E-state index in [1.807, 2.05) is 0 Å². The van der Waals surface area contributed by atoms with E-state index in [2.05, 4.69) is 21.5 Å². The lowest BCUT2D eigenvalue weighted by molar-refractivity contribution is 0.252. The van der Waals surface area contributed by atoms with Gasteiger partial charge in [-0.1, -0.05) is 18.5 Å². The van der Waals surface area contributed by atoms with Crippen molar-refractivity contribution in [2.75, 3.05) is 0 Å². The summed E-state index contributed by atoms with van der Waals surface area (Å²) in [5.41, 5.74) is 4.81. The summed E-state index contributed by atoms with van der Waals surface area (Å²) in [7, 11) is -3.63. The van der Waals surface area contributed by atoms with Crippen molar-refractivity contribution in [2.24, 2.45) is 16.8 Å². The second-order valence-corrected chi connectivity index (χ2v) is 7.36. The summed E-state index contributed by atoms with van der Waals surface area (Å²) in [5, 5.41) is 12.0. The first kappa shape index (κ1) is 15.5. The highest BCUT2D eigenvalue weighted by Gasteiger charge is 2.43. The van der Waals surface area contributed by atoms with Gasteiger partial charge >= 0.3 is 0 Å². The Bertz CT molecular complexity index is 465. The maximum absolute atomic E-state index is 12.1. The van der Waals surface area contributed by atoms with E-state index in [0.717, 1.165) is 32.1 Å². The minimum absolute atomic E-state index is 0.0313. The van der Waals surface area contributed by atoms with E-state index in [-0.39, 0.29) is 11.9 Å². The van der Waals surface area contributed by atoms with Crippen LogP contribution >= 0.6 is 0 Å². The molecule has 20 heavy (non-hydrogen) atoms. The molecule has 0 heterocycles. The number of hydrogen-bond donors (Lipinski definition) is 4. The quantitative estimate of drug-likeness (QED) is 0.249. The molecule has 0 aromatic rings. The number of rotatable bonds is 6. The van der Waals surface area contributed by atoms with Gasteiger partial charge in [0, 0.05) is 6.04 Å². The summed E-state index contributed by atoms with van der Waals surface area (Å²) in [6.45, 7) is 2.12. The van der Waals surface area contributed by atoms with Gasteiger partial charge in [-0.2, -0.15) is 17.9 Å². The molecule has 5 N–H and O–H groups in total. The van der Waals surface area contributed by atoms with Gasteiger partial charge < -0.3 is 10.9 Å². The van der Waals surface area contributed by atoms with Crippen LogP contribution in [0, 0.1) is 5.92 Å². The van der Waals surface area contributed by atoms with Crippen LogP contribution in [0.5, 0.6) is 0 Å². The Balaban J connectivity index is 2.11. The highest BCUT2D eigenvalue weighted by atomic mass is 32.2. The molecule has 0 aromatic heterocycles. The highest BCUT2D eigenvalue weighted by Crippen LogP contribution is 2.34. The first-order valence-corrected chi connectivity index (χ1v) is 8.68. The van der Waals surface area contributed by atoms with Crippen LogP contribution in [0.2, 0.25) is 0 Å². The van der Waals surface area contributed by atoms with Crippen LogP contribution in [0.15, 0.2) is 5.16 Å². The van der Waals surface area contributed by atoms with E-state index < -0.39 is 15.7 Å². The molecule has 2 rings (SSSR count). The molecule has 2 aliphatic carbocycles. The van der Waals surface area contributed by atoms with Crippen molar-refractivity contribution in [3.63, 3.8) is 0 Å². The van der Waals surface area contributed by atoms with Gasteiger partial charge in [0.25, 0.3) is 10.2 Å². The fourth-order valence-electron chi connectivity index (χ4n) is 2.79. The van der Waals surface area contributed by atoms with Crippen LogP contribution < -0.4 is 15.2 Å². The molecular formula is C12H24N4O3S. The van der Waals surface area contributed by atoms with Gasteiger partial charge in [-0.3, -0.25) is 0 Å². The molecule has 116 valence electrons. The van der Waals surface area contributed by atoms with Crippen LogP contribution in [-0.2, 0) is 10.2 Å². The molecule has 2 saturated carbocycles. The lowest BCUT2D eigenvalue weighted by Gasteiger charge is -2.39. The van der Waals surface area contributed by atoms with Crippen molar-refractivity contribution in [3.8, 4) is 0 Å². The number of nitrogens with zero attached hydrogens (tertiary/aromatic N) is 1. The molecule has 0 radical (unpaired) electrons. The molecule has 0 unspecified atom stereocenters. The predicted molar refractivity (Wildman–Crippen MR) is 76.6 cm³/mol. The van der Waals surface area contributed by atoms with Gasteiger partial charge in [0.2, 0.25) is 0 Å². The minimum atomic E-state index is -3.63. The molecule has 0 atom stereocenters. The fourth-order valence-corrected chi connectivity index (χ4v) is 4.35. The molecule has 8 heteroatoms. The topological polar surface area (TPSA) is 117 Å². The van der Waals surface area contributed by atoms with Gasteiger partial charge in [-0.25, -0.2) is 0 Å². The summed E-state index contributed by atoms with van der Waals surface area (Å²) >= 11 is 0. The Morgan fingerprint density at radius 1 is 1.35 bits per heavy atom. The third-order valence-corrected chi connectivity index (χ3v) is 5.67. The van der Waals surface area contributed by atoms with E-state index in [4.69, 9.17) is 10.9 Å². The number of amidine groups is 1. The zero-order chi connectivity index (χ0) is 14.8.